The molecule has 0 spiro atoms. The van der Waals surface area contributed by atoms with Crippen LogP contribution in [-0.2, 0) is 16.4 Å². The molecular formula is C14H24N2O2S. The Morgan fingerprint density at radius 2 is 1.74 bits per heavy atom. The fourth-order valence-electron chi connectivity index (χ4n) is 1.80. The van der Waals surface area contributed by atoms with Crippen molar-refractivity contribution in [2.24, 2.45) is 11.7 Å². The Hall–Kier alpha value is -0.910. The van der Waals surface area contributed by atoms with E-state index >= 15 is 0 Å². The van der Waals surface area contributed by atoms with Crippen molar-refractivity contribution in [1.82, 2.24) is 4.72 Å². The van der Waals surface area contributed by atoms with E-state index < -0.39 is 10.0 Å². The van der Waals surface area contributed by atoms with Crippen LogP contribution < -0.4 is 10.5 Å². The van der Waals surface area contributed by atoms with Crippen molar-refractivity contribution in [1.29, 1.82) is 0 Å². The Balaban J connectivity index is 3.09. The molecule has 19 heavy (non-hydrogen) atoms. The Kier molecular flexibility index (Phi) is 5.52. The Labute approximate surface area is 116 Å². The van der Waals surface area contributed by atoms with E-state index in [-0.39, 0.29) is 12.1 Å². The van der Waals surface area contributed by atoms with Crippen molar-refractivity contribution in [3.8, 4) is 0 Å². The minimum Gasteiger partial charge on any atom is -0.327 e. The summed E-state index contributed by atoms with van der Waals surface area (Å²) in [6.45, 7) is 7.68. The number of hydrogen-bond donors (Lipinski definition) is 2. The molecular weight excluding hydrogens is 260 g/mol. The van der Waals surface area contributed by atoms with Crippen molar-refractivity contribution < 1.29 is 8.42 Å². The lowest BCUT2D eigenvalue weighted by molar-refractivity contribution is 0.487. The fraction of sp³-hybridized carbons (Fsp3) is 0.571. The van der Waals surface area contributed by atoms with Crippen molar-refractivity contribution in [2.75, 3.05) is 0 Å². The number of nitrogens with two attached hydrogens (primary N) is 1. The Morgan fingerprint density at radius 3 is 2.26 bits per heavy atom. The normalized spacial score (nSPS) is 14.1. The number of rotatable bonds is 6. The van der Waals surface area contributed by atoms with Gasteiger partial charge < -0.3 is 5.73 Å². The van der Waals surface area contributed by atoms with Crippen molar-refractivity contribution in [3.63, 3.8) is 0 Å². The SMILES string of the molecule is CC(C)NS(=O)(=O)c1ccccc1CC(N)C(C)C. The number of hydrogen-bond acceptors (Lipinski definition) is 3. The van der Waals surface area contributed by atoms with Gasteiger partial charge in [0, 0.05) is 12.1 Å². The van der Waals surface area contributed by atoms with Crippen molar-refractivity contribution in [3.05, 3.63) is 29.8 Å². The molecule has 0 saturated carbocycles. The molecule has 0 heterocycles. The third-order valence-corrected chi connectivity index (χ3v) is 4.72. The van der Waals surface area contributed by atoms with Gasteiger partial charge in [0.15, 0.2) is 0 Å². The number of benzene rings is 1. The molecule has 0 aliphatic heterocycles. The van der Waals surface area contributed by atoms with Gasteiger partial charge >= 0.3 is 0 Å². The smallest absolute Gasteiger partial charge is 0.241 e. The highest BCUT2D eigenvalue weighted by Crippen LogP contribution is 2.18. The average Bonchev–Trinajstić information content (AvgIpc) is 2.27. The van der Waals surface area contributed by atoms with Gasteiger partial charge in [-0.05, 0) is 37.8 Å². The molecule has 3 N–H and O–H groups in total. The predicted octanol–water partition coefficient (Wildman–Crippen LogP) is 1.90. The van der Waals surface area contributed by atoms with Crippen LogP contribution in [0.15, 0.2) is 29.2 Å². The van der Waals surface area contributed by atoms with Crippen LogP contribution in [0.2, 0.25) is 0 Å². The molecule has 0 radical (unpaired) electrons. The summed E-state index contributed by atoms with van der Waals surface area (Å²) < 4.78 is 27.1. The maximum Gasteiger partial charge on any atom is 0.241 e. The van der Waals surface area contributed by atoms with Gasteiger partial charge in [0.05, 0.1) is 4.90 Å². The van der Waals surface area contributed by atoms with E-state index in [4.69, 9.17) is 5.73 Å². The van der Waals surface area contributed by atoms with E-state index in [0.717, 1.165) is 5.56 Å². The largest absolute Gasteiger partial charge is 0.327 e. The van der Waals surface area contributed by atoms with Gasteiger partial charge in [-0.3, -0.25) is 0 Å². The standard InChI is InChI=1S/C14H24N2O2S/c1-10(2)13(15)9-12-7-5-6-8-14(12)19(17,18)16-11(3)4/h5-8,10-11,13,16H,9,15H2,1-4H3. The molecule has 5 heteroatoms. The zero-order valence-electron chi connectivity index (χ0n) is 12.1. The Morgan fingerprint density at radius 1 is 1.16 bits per heavy atom. The molecule has 0 bridgehead atoms. The zero-order valence-corrected chi connectivity index (χ0v) is 12.9. The first kappa shape index (κ1) is 16.1. The van der Waals surface area contributed by atoms with Crippen LogP contribution in [0, 0.1) is 5.92 Å². The summed E-state index contributed by atoms with van der Waals surface area (Å²) in [4.78, 5) is 0.333. The third-order valence-electron chi connectivity index (χ3n) is 2.96. The summed E-state index contributed by atoms with van der Waals surface area (Å²) in [7, 11) is -3.47. The van der Waals surface area contributed by atoms with Gasteiger partial charge in [0.1, 0.15) is 0 Å². The van der Waals surface area contributed by atoms with Crippen LogP contribution in [0.5, 0.6) is 0 Å². The molecule has 0 fully saturated rings. The van der Waals surface area contributed by atoms with Gasteiger partial charge in [0.2, 0.25) is 10.0 Å². The van der Waals surface area contributed by atoms with Gasteiger partial charge in [-0.2, -0.15) is 0 Å². The molecule has 0 saturated heterocycles. The van der Waals surface area contributed by atoms with E-state index in [0.29, 0.717) is 17.2 Å². The van der Waals surface area contributed by atoms with Gasteiger partial charge in [-0.25, -0.2) is 13.1 Å². The van der Waals surface area contributed by atoms with E-state index in [2.05, 4.69) is 4.72 Å². The Bertz CT molecular complexity index is 510. The highest BCUT2D eigenvalue weighted by Gasteiger charge is 2.20. The van der Waals surface area contributed by atoms with E-state index in [9.17, 15) is 8.42 Å². The zero-order chi connectivity index (χ0) is 14.6. The lowest BCUT2D eigenvalue weighted by Gasteiger charge is -2.18. The van der Waals surface area contributed by atoms with Crippen LogP contribution in [0.4, 0.5) is 0 Å². The maximum atomic E-state index is 12.3. The molecule has 1 rings (SSSR count). The monoisotopic (exact) mass is 284 g/mol. The van der Waals surface area contributed by atoms with Crippen LogP contribution in [0.1, 0.15) is 33.3 Å². The molecule has 0 amide bonds. The predicted molar refractivity (Wildman–Crippen MR) is 78.4 cm³/mol. The van der Waals surface area contributed by atoms with Crippen LogP contribution in [0.3, 0.4) is 0 Å². The highest BCUT2D eigenvalue weighted by atomic mass is 32.2. The first-order valence-corrected chi connectivity index (χ1v) is 8.08. The van der Waals surface area contributed by atoms with Crippen LogP contribution in [-0.4, -0.2) is 20.5 Å². The van der Waals surface area contributed by atoms with Crippen LogP contribution >= 0.6 is 0 Å². The van der Waals surface area contributed by atoms with Crippen molar-refractivity contribution >= 4 is 10.0 Å². The molecule has 1 aromatic rings. The third kappa shape index (κ3) is 4.60. The highest BCUT2D eigenvalue weighted by molar-refractivity contribution is 7.89. The molecule has 0 aliphatic rings. The summed E-state index contributed by atoms with van der Waals surface area (Å²) in [6.07, 6.45) is 0.562. The first-order valence-electron chi connectivity index (χ1n) is 6.60. The summed E-state index contributed by atoms with van der Waals surface area (Å²) in [5, 5.41) is 0. The summed E-state index contributed by atoms with van der Waals surface area (Å²) in [6, 6.07) is 6.87. The molecule has 1 atom stereocenters. The molecule has 0 aliphatic carbocycles. The van der Waals surface area contributed by atoms with E-state index in [1.165, 1.54) is 0 Å². The molecule has 108 valence electrons. The quantitative estimate of drug-likeness (QED) is 0.838. The van der Waals surface area contributed by atoms with Gasteiger partial charge in [0.25, 0.3) is 0 Å². The van der Waals surface area contributed by atoms with Crippen molar-refractivity contribution in [2.45, 2.75) is 51.1 Å². The number of sulfonamides is 1. The second-order valence-electron chi connectivity index (χ2n) is 5.50. The molecule has 1 unspecified atom stereocenters. The summed E-state index contributed by atoms with van der Waals surface area (Å²) in [5.74, 6) is 0.314. The van der Waals surface area contributed by atoms with Gasteiger partial charge in [-0.1, -0.05) is 32.0 Å². The second kappa shape index (κ2) is 6.50. The van der Waals surface area contributed by atoms with Gasteiger partial charge in [-0.15, -0.1) is 0 Å². The molecule has 4 nitrogen and oxygen atoms in total. The number of nitrogens with one attached hydrogen (secondary N) is 1. The van der Waals surface area contributed by atoms with Crippen LogP contribution in [0.25, 0.3) is 0 Å². The first-order chi connectivity index (χ1) is 8.74. The van der Waals surface area contributed by atoms with E-state index in [1.807, 2.05) is 26.0 Å². The second-order valence-corrected chi connectivity index (χ2v) is 7.18. The fourth-order valence-corrected chi connectivity index (χ4v) is 3.30. The summed E-state index contributed by atoms with van der Waals surface area (Å²) >= 11 is 0. The lowest BCUT2D eigenvalue weighted by Crippen LogP contribution is -2.33. The molecule has 0 aromatic heterocycles. The lowest BCUT2D eigenvalue weighted by atomic mass is 9.97. The minimum atomic E-state index is -3.47. The summed E-state index contributed by atoms with van der Waals surface area (Å²) in [5.41, 5.74) is 6.82. The topological polar surface area (TPSA) is 72.2 Å². The minimum absolute atomic E-state index is 0.0459. The molecule has 1 aromatic carbocycles. The maximum absolute atomic E-state index is 12.3. The average molecular weight is 284 g/mol. The van der Waals surface area contributed by atoms with E-state index in [1.54, 1.807) is 26.0 Å².